The first-order valence-electron chi connectivity index (χ1n) is 11.0. The number of carbonyl (C=O) groups excluding carboxylic acids is 1. The van der Waals surface area contributed by atoms with Crippen molar-refractivity contribution >= 4 is 34.4 Å². The zero-order chi connectivity index (χ0) is 22.5. The number of piperazine rings is 1. The lowest BCUT2D eigenvalue weighted by molar-refractivity contribution is -0.149. The van der Waals surface area contributed by atoms with Gasteiger partial charge in [0.2, 0.25) is 5.89 Å². The van der Waals surface area contributed by atoms with Crippen LogP contribution in [0.2, 0.25) is 5.02 Å². The van der Waals surface area contributed by atoms with Gasteiger partial charge in [-0.15, -0.1) is 0 Å². The van der Waals surface area contributed by atoms with Crippen LogP contribution in [0.25, 0.3) is 11.1 Å². The number of carbonyl (C=O) groups is 1. The highest BCUT2D eigenvalue weighted by Crippen LogP contribution is 2.48. The predicted octanol–water partition coefficient (Wildman–Crippen LogP) is 4.46. The number of rotatable bonds is 3. The third-order valence-corrected chi connectivity index (χ3v) is 6.98. The fourth-order valence-corrected chi connectivity index (χ4v) is 5.48. The number of benzene rings is 1. The van der Waals surface area contributed by atoms with Crippen molar-refractivity contribution in [2.45, 2.75) is 50.4 Å². The van der Waals surface area contributed by atoms with Crippen LogP contribution in [-0.4, -0.2) is 59.7 Å². The summed E-state index contributed by atoms with van der Waals surface area (Å²) in [5.41, 5.74) is 2.15. The molecule has 5 rings (SSSR count). The van der Waals surface area contributed by atoms with Gasteiger partial charge in [0.05, 0.1) is 29.3 Å². The van der Waals surface area contributed by atoms with Crippen molar-refractivity contribution in [3.8, 4) is 0 Å². The molecule has 2 N–H and O–H groups in total. The zero-order valence-electron chi connectivity index (χ0n) is 17.5. The quantitative estimate of drug-likeness (QED) is 0.691. The van der Waals surface area contributed by atoms with E-state index in [2.05, 4.69) is 15.6 Å². The number of nitrogens with zero attached hydrogens (tertiary/aromatic N) is 3. The number of nitrogens with one attached hydrogen (secondary N) is 2. The number of hydrogen-bond donors (Lipinski definition) is 2. The first-order chi connectivity index (χ1) is 15.2. The van der Waals surface area contributed by atoms with Crippen LogP contribution in [0, 0.1) is 0 Å². The molecule has 0 radical (unpaired) electrons. The fraction of sp³-hybridized carbons (Fsp3) is 0.619. The smallest absolute Gasteiger partial charge is 0.401 e. The molecule has 1 aliphatic carbocycles. The maximum absolute atomic E-state index is 12.6. The van der Waals surface area contributed by atoms with Gasteiger partial charge in [-0.2, -0.15) is 13.2 Å². The Balaban J connectivity index is 1.41. The Morgan fingerprint density at radius 1 is 1.12 bits per heavy atom. The number of urea groups is 1. The van der Waals surface area contributed by atoms with Crippen LogP contribution < -0.4 is 10.6 Å². The summed E-state index contributed by atoms with van der Waals surface area (Å²) in [6.07, 6.45) is 0.541. The minimum absolute atomic E-state index is 0.267. The zero-order valence-corrected chi connectivity index (χ0v) is 18.3. The van der Waals surface area contributed by atoms with E-state index >= 15 is 0 Å². The molecule has 32 heavy (non-hydrogen) atoms. The third kappa shape index (κ3) is 4.15. The number of halogens is 4. The summed E-state index contributed by atoms with van der Waals surface area (Å²) < 4.78 is 44.1. The van der Waals surface area contributed by atoms with Crippen LogP contribution in [0.15, 0.2) is 10.5 Å². The highest BCUT2D eigenvalue weighted by Gasteiger charge is 2.44. The number of alkyl halides is 3. The van der Waals surface area contributed by atoms with Crippen LogP contribution in [-0.2, 0) is 12.1 Å². The van der Waals surface area contributed by atoms with E-state index in [4.69, 9.17) is 16.0 Å². The lowest BCUT2D eigenvalue weighted by atomic mass is 9.74. The second-order valence-corrected chi connectivity index (χ2v) is 9.36. The first kappa shape index (κ1) is 21.8. The van der Waals surface area contributed by atoms with Crippen molar-refractivity contribution in [2.75, 3.05) is 38.0 Å². The van der Waals surface area contributed by atoms with Crippen molar-refractivity contribution < 1.29 is 22.4 Å². The molecule has 1 aromatic carbocycles. The molecule has 1 aromatic heterocycles. The third-order valence-electron chi connectivity index (χ3n) is 6.68. The number of fused-ring (bicyclic) bond motifs is 4. The molecule has 2 aliphatic heterocycles. The average Bonchev–Trinajstić information content (AvgIpc) is 3.10. The van der Waals surface area contributed by atoms with E-state index in [1.165, 1.54) is 4.90 Å². The highest BCUT2D eigenvalue weighted by molar-refractivity contribution is 6.35. The minimum Gasteiger partial charge on any atom is -0.439 e. The Bertz CT molecular complexity index is 1030. The molecular weight excluding hydrogens is 447 g/mol. The maximum atomic E-state index is 12.6. The van der Waals surface area contributed by atoms with E-state index in [1.54, 1.807) is 6.07 Å². The molecule has 1 saturated heterocycles. The Morgan fingerprint density at radius 3 is 2.50 bits per heavy atom. The largest absolute Gasteiger partial charge is 0.439 e. The molecule has 3 aliphatic rings. The second kappa shape index (κ2) is 8.07. The van der Waals surface area contributed by atoms with Crippen LogP contribution in [0.5, 0.6) is 0 Å². The summed E-state index contributed by atoms with van der Waals surface area (Å²) in [6, 6.07) is 1.43. The minimum atomic E-state index is -4.18. The molecule has 174 valence electrons. The number of anilines is 1. The van der Waals surface area contributed by atoms with E-state index in [0.717, 1.165) is 37.7 Å². The maximum Gasteiger partial charge on any atom is 0.401 e. The Kier molecular flexibility index (Phi) is 5.50. The molecule has 0 bridgehead atoms. The van der Waals surface area contributed by atoms with Gasteiger partial charge >= 0.3 is 12.2 Å². The summed E-state index contributed by atoms with van der Waals surface area (Å²) in [5.74, 6) is 0.497. The second-order valence-electron chi connectivity index (χ2n) is 8.95. The molecule has 2 fully saturated rings. The van der Waals surface area contributed by atoms with Crippen LogP contribution in [0.1, 0.15) is 43.6 Å². The predicted molar refractivity (Wildman–Crippen MR) is 114 cm³/mol. The van der Waals surface area contributed by atoms with Gasteiger partial charge in [0, 0.05) is 31.7 Å². The van der Waals surface area contributed by atoms with Gasteiger partial charge < -0.3 is 15.1 Å². The van der Waals surface area contributed by atoms with Crippen molar-refractivity contribution in [2.24, 2.45) is 0 Å². The number of oxazole rings is 1. The molecule has 0 unspecified atom stereocenters. The van der Waals surface area contributed by atoms with Crippen molar-refractivity contribution in [1.82, 2.24) is 20.1 Å². The van der Waals surface area contributed by atoms with Crippen LogP contribution in [0.4, 0.5) is 23.7 Å². The molecule has 7 nitrogen and oxygen atoms in total. The molecule has 1 saturated carbocycles. The van der Waals surface area contributed by atoms with E-state index < -0.39 is 18.3 Å². The van der Waals surface area contributed by atoms with Crippen LogP contribution in [0.3, 0.4) is 0 Å². The van der Waals surface area contributed by atoms with Crippen molar-refractivity contribution in [3.63, 3.8) is 0 Å². The molecule has 11 heteroatoms. The molecular formula is C21H25ClF3N5O2. The summed E-state index contributed by atoms with van der Waals surface area (Å²) in [5, 5.41) is 6.37. The lowest BCUT2D eigenvalue weighted by Gasteiger charge is -2.42. The SMILES string of the molecule is O=C1Nc2c(Cl)cc3nc(CN4CCN(CC(F)(F)F)CC4)oc3c2C2(CCCCC2)N1. The summed E-state index contributed by atoms with van der Waals surface area (Å²) in [7, 11) is 0. The monoisotopic (exact) mass is 471 g/mol. The molecule has 1 spiro atoms. The van der Waals surface area contributed by atoms with Gasteiger partial charge in [0.15, 0.2) is 5.58 Å². The molecule has 0 atom stereocenters. The summed E-state index contributed by atoms with van der Waals surface area (Å²) >= 11 is 6.53. The fourth-order valence-electron chi connectivity index (χ4n) is 5.23. The van der Waals surface area contributed by atoms with E-state index in [9.17, 15) is 18.0 Å². The van der Waals surface area contributed by atoms with Gasteiger partial charge in [0.25, 0.3) is 0 Å². The van der Waals surface area contributed by atoms with Gasteiger partial charge in [-0.1, -0.05) is 30.9 Å². The van der Waals surface area contributed by atoms with Crippen molar-refractivity contribution in [1.29, 1.82) is 0 Å². The topological polar surface area (TPSA) is 73.6 Å². The number of hydrogen-bond acceptors (Lipinski definition) is 5. The van der Waals surface area contributed by atoms with Gasteiger partial charge in [0.1, 0.15) is 5.52 Å². The van der Waals surface area contributed by atoms with Gasteiger partial charge in [-0.3, -0.25) is 9.80 Å². The normalized spacial score (nSPS) is 22.1. The van der Waals surface area contributed by atoms with Crippen molar-refractivity contribution in [3.05, 3.63) is 22.5 Å². The molecule has 2 aromatic rings. The van der Waals surface area contributed by atoms with Crippen LogP contribution >= 0.6 is 11.6 Å². The molecule has 3 heterocycles. The first-order valence-corrected chi connectivity index (χ1v) is 11.3. The standard InChI is InChI=1S/C21H25ClF3N5O2/c22-13-10-14-18(16-17(13)27-19(31)28-20(16)4-2-1-3-5-20)32-15(26-14)11-29-6-8-30(9-7-29)12-21(23,24)25/h10H,1-9,11-12H2,(H2,27,28,31). The van der Waals surface area contributed by atoms with E-state index in [0.29, 0.717) is 60.4 Å². The molecule has 2 amide bonds. The average molecular weight is 472 g/mol. The van der Waals surface area contributed by atoms with E-state index in [-0.39, 0.29) is 6.03 Å². The van der Waals surface area contributed by atoms with Gasteiger partial charge in [-0.05, 0) is 18.9 Å². The Labute approximate surface area is 188 Å². The van der Waals surface area contributed by atoms with E-state index in [1.807, 2.05) is 4.90 Å². The Hall–Kier alpha value is -2.04. The highest BCUT2D eigenvalue weighted by atomic mass is 35.5. The number of amides is 2. The number of aromatic nitrogens is 1. The van der Waals surface area contributed by atoms with Gasteiger partial charge in [-0.25, -0.2) is 9.78 Å². The lowest BCUT2D eigenvalue weighted by Crippen LogP contribution is -2.52. The summed E-state index contributed by atoms with van der Waals surface area (Å²) in [4.78, 5) is 20.4. The Morgan fingerprint density at radius 2 is 1.81 bits per heavy atom. The summed E-state index contributed by atoms with van der Waals surface area (Å²) in [6.45, 7) is 1.24.